The third kappa shape index (κ3) is 4.72. The molecule has 0 spiro atoms. The molecule has 0 bridgehead atoms. The van der Waals surface area contributed by atoms with E-state index in [0.29, 0.717) is 25.0 Å². The van der Waals surface area contributed by atoms with Crippen molar-refractivity contribution in [1.29, 1.82) is 0 Å². The van der Waals surface area contributed by atoms with Gasteiger partial charge in [0.2, 0.25) is 0 Å². The van der Waals surface area contributed by atoms with Crippen LogP contribution in [0.2, 0.25) is 5.02 Å². The van der Waals surface area contributed by atoms with Gasteiger partial charge < -0.3 is 10.0 Å². The summed E-state index contributed by atoms with van der Waals surface area (Å²) in [6, 6.07) is 8.97. The van der Waals surface area contributed by atoms with E-state index in [4.69, 9.17) is 11.6 Å². The topological polar surface area (TPSA) is 95.4 Å². The number of hydrogen-bond donors (Lipinski definition) is 2. The number of halogens is 5. The van der Waals surface area contributed by atoms with Gasteiger partial charge in [-0.05, 0) is 30.3 Å². The zero-order valence-electron chi connectivity index (χ0n) is 16.5. The van der Waals surface area contributed by atoms with Crippen LogP contribution in [0.4, 0.5) is 29.2 Å². The fraction of sp³-hybridized carbons (Fsp3) is 0.200. The molecule has 0 atom stereocenters. The van der Waals surface area contributed by atoms with E-state index in [1.54, 1.807) is 11.0 Å². The van der Waals surface area contributed by atoms with Gasteiger partial charge in [0.15, 0.2) is 5.03 Å². The number of nitrogens with zero attached hydrogens (tertiary/aromatic N) is 3. The lowest BCUT2D eigenvalue weighted by atomic mass is 10.0. The van der Waals surface area contributed by atoms with Crippen LogP contribution >= 0.6 is 11.6 Å². The van der Waals surface area contributed by atoms with Crippen LogP contribution in [0.3, 0.4) is 0 Å². The molecule has 0 amide bonds. The fourth-order valence-electron chi connectivity index (χ4n) is 3.20. The first-order valence-corrected chi connectivity index (χ1v) is 11.3. The molecular formula is C20H15ClF4N4O3S. The average molecular weight is 503 g/mol. The van der Waals surface area contributed by atoms with Crippen molar-refractivity contribution < 1.29 is 31.1 Å². The summed E-state index contributed by atoms with van der Waals surface area (Å²) < 4.78 is 82.2. The number of alkyl halides is 3. The molecule has 1 fully saturated rings. The lowest BCUT2D eigenvalue weighted by molar-refractivity contribution is -0.137. The predicted octanol–water partition coefficient (Wildman–Crippen LogP) is 3.94. The highest BCUT2D eigenvalue weighted by Crippen LogP contribution is 2.39. The third-order valence-corrected chi connectivity index (χ3v) is 6.46. The van der Waals surface area contributed by atoms with Crippen molar-refractivity contribution in [3.63, 3.8) is 0 Å². The number of nitrogens with one attached hydrogen (secondary N) is 1. The van der Waals surface area contributed by atoms with Crippen LogP contribution < -0.4 is 9.62 Å². The first kappa shape index (κ1) is 23.2. The second-order valence-corrected chi connectivity index (χ2v) is 9.20. The van der Waals surface area contributed by atoms with Crippen LogP contribution in [-0.4, -0.2) is 42.7 Å². The number of anilines is 2. The highest BCUT2D eigenvalue weighted by molar-refractivity contribution is 7.92. The number of aliphatic hydroxyl groups excluding tert-OH is 1. The summed E-state index contributed by atoms with van der Waals surface area (Å²) in [5.74, 6) is -1.08. The maximum absolute atomic E-state index is 13.9. The van der Waals surface area contributed by atoms with Crippen molar-refractivity contribution in [3.05, 3.63) is 64.9 Å². The second kappa shape index (κ2) is 8.43. The summed E-state index contributed by atoms with van der Waals surface area (Å²) in [5.41, 5.74) is -2.29. The fourth-order valence-corrected chi connectivity index (χ4v) is 4.38. The van der Waals surface area contributed by atoms with Gasteiger partial charge in [-0.15, -0.1) is 0 Å². The normalized spacial score (nSPS) is 14.8. The molecule has 0 saturated carbocycles. The van der Waals surface area contributed by atoms with Crippen molar-refractivity contribution in [2.45, 2.75) is 17.3 Å². The SMILES string of the molecule is O=S(=O)(Nc1ccc(C(F)(F)F)c(-c2cccc(F)c2Cl)n1)c1cccc(N2CC(O)C2)n1. The zero-order valence-corrected chi connectivity index (χ0v) is 18.1. The maximum atomic E-state index is 13.9. The molecule has 33 heavy (non-hydrogen) atoms. The van der Waals surface area contributed by atoms with Crippen molar-refractivity contribution in [1.82, 2.24) is 9.97 Å². The molecule has 3 heterocycles. The van der Waals surface area contributed by atoms with Gasteiger partial charge in [-0.1, -0.05) is 29.8 Å². The minimum atomic E-state index is -4.85. The van der Waals surface area contributed by atoms with Crippen LogP contribution in [0, 0.1) is 5.82 Å². The first-order valence-electron chi connectivity index (χ1n) is 9.41. The number of benzene rings is 1. The molecule has 13 heteroatoms. The Kier molecular flexibility index (Phi) is 5.93. The molecule has 2 N–H and O–H groups in total. The van der Waals surface area contributed by atoms with E-state index in [1.165, 1.54) is 12.1 Å². The number of aliphatic hydroxyl groups is 1. The largest absolute Gasteiger partial charge is 0.418 e. The molecule has 174 valence electrons. The standard InChI is InChI=1S/C20H15ClF4N4O3S/c21-18-12(3-1-4-14(18)22)19-13(20(23,24)25)7-8-15(26-19)28-33(31,32)17-6-2-5-16(27-17)29-9-11(30)10-29/h1-8,11,30H,9-10H2,(H,26,28). The predicted molar refractivity (Wildman–Crippen MR) is 113 cm³/mol. The van der Waals surface area contributed by atoms with Crippen LogP contribution in [0.5, 0.6) is 0 Å². The number of hydrogen-bond acceptors (Lipinski definition) is 6. The van der Waals surface area contributed by atoms with Crippen LogP contribution in [0.25, 0.3) is 11.3 Å². The molecule has 3 aromatic rings. The van der Waals surface area contributed by atoms with Crippen molar-refractivity contribution >= 4 is 33.3 Å². The summed E-state index contributed by atoms with van der Waals surface area (Å²) in [5, 5.41) is 8.44. The number of rotatable bonds is 5. The summed E-state index contributed by atoms with van der Waals surface area (Å²) in [6.45, 7) is 0.588. The molecule has 2 aromatic heterocycles. The minimum absolute atomic E-state index is 0.294. The Hall–Kier alpha value is -2.96. The number of β-amino-alcohol motifs (C(OH)–C–C–N with tert-alkyl or cyclic N) is 1. The third-order valence-electron chi connectivity index (χ3n) is 4.82. The Labute approximate surface area is 190 Å². The van der Waals surface area contributed by atoms with Crippen molar-refractivity contribution in [2.24, 2.45) is 0 Å². The number of sulfonamides is 1. The van der Waals surface area contributed by atoms with Gasteiger partial charge >= 0.3 is 6.18 Å². The molecule has 1 aliphatic heterocycles. The molecule has 1 aliphatic rings. The highest BCUT2D eigenvalue weighted by atomic mass is 35.5. The summed E-state index contributed by atoms with van der Waals surface area (Å²) in [4.78, 5) is 9.49. The average Bonchev–Trinajstić information content (AvgIpc) is 2.72. The minimum Gasteiger partial charge on any atom is -0.389 e. The maximum Gasteiger partial charge on any atom is 0.418 e. The second-order valence-electron chi connectivity index (χ2n) is 7.19. The molecule has 0 unspecified atom stereocenters. The zero-order chi connectivity index (χ0) is 24.0. The van der Waals surface area contributed by atoms with Gasteiger partial charge in [0, 0.05) is 18.7 Å². The lowest BCUT2D eigenvalue weighted by Gasteiger charge is -2.36. The van der Waals surface area contributed by atoms with E-state index in [0.717, 1.165) is 24.3 Å². The van der Waals surface area contributed by atoms with Gasteiger partial charge in [0.05, 0.1) is 22.4 Å². The molecule has 4 rings (SSSR count). The Morgan fingerprint density at radius 2 is 1.76 bits per heavy atom. The Balaban J connectivity index is 1.71. The first-order chi connectivity index (χ1) is 15.5. The number of pyridine rings is 2. The number of aromatic nitrogens is 2. The molecule has 1 saturated heterocycles. The van der Waals surface area contributed by atoms with Gasteiger partial charge in [-0.3, -0.25) is 4.72 Å². The lowest BCUT2D eigenvalue weighted by Crippen LogP contribution is -2.51. The van der Waals surface area contributed by atoms with Gasteiger partial charge in [0.1, 0.15) is 17.5 Å². The molecule has 0 aliphatic carbocycles. The molecule has 7 nitrogen and oxygen atoms in total. The van der Waals surface area contributed by atoms with Crippen LogP contribution in [0.1, 0.15) is 5.56 Å². The molecule has 0 radical (unpaired) electrons. The quantitative estimate of drug-likeness (QED) is 0.513. The monoisotopic (exact) mass is 502 g/mol. The summed E-state index contributed by atoms with van der Waals surface area (Å²) in [7, 11) is -4.33. The van der Waals surface area contributed by atoms with Crippen LogP contribution in [0.15, 0.2) is 53.6 Å². The molecular weight excluding hydrogens is 488 g/mol. The summed E-state index contributed by atoms with van der Waals surface area (Å²) in [6.07, 6.45) is -5.39. The van der Waals surface area contributed by atoms with E-state index in [-0.39, 0.29) is 5.56 Å². The van der Waals surface area contributed by atoms with E-state index in [1.807, 2.05) is 0 Å². The van der Waals surface area contributed by atoms with Gasteiger partial charge in [0.25, 0.3) is 10.0 Å². The summed E-state index contributed by atoms with van der Waals surface area (Å²) >= 11 is 5.85. The Morgan fingerprint density at radius 1 is 1.06 bits per heavy atom. The van der Waals surface area contributed by atoms with Crippen molar-refractivity contribution in [2.75, 3.05) is 22.7 Å². The van der Waals surface area contributed by atoms with E-state index in [9.17, 15) is 31.1 Å². The Bertz CT molecular complexity index is 1310. The highest BCUT2D eigenvalue weighted by Gasteiger charge is 2.36. The van der Waals surface area contributed by atoms with Gasteiger partial charge in [-0.2, -0.15) is 21.6 Å². The smallest absolute Gasteiger partial charge is 0.389 e. The van der Waals surface area contributed by atoms with Gasteiger partial charge in [-0.25, -0.2) is 14.4 Å². The van der Waals surface area contributed by atoms with Crippen molar-refractivity contribution in [3.8, 4) is 11.3 Å². The Morgan fingerprint density at radius 3 is 2.42 bits per heavy atom. The van der Waals surface area contributed by atoms with Crippen LogP contribution in [-0.2, 0) is 16.2 Å². The van der Waals surface area contributed by atoms with E-state index < -0.39 is 55.2 Å². The molecule has 1 aromatic carbocycles. The van der Waals surface area contributed by atoms with E-state index >= 15 is 0 Å². The van der Waals surface area contributed by atoms with E-state index in [2.05, 4.69) is 14.7 Å².